The zero-order valence-corrected chi connectivity index (χ0v) is 10.4. The first-order chi connectivity index (χ1) is 8.70. The highest BCUT2D eigenvalue weighted by Crippen LogP contribution is 2.20. The Labute approximate surface area is 106 Å². The molecule has 3 N–H and O–H groups in total. The zero-order chi connectivity index (χ0) is 13.0. The molecule has 1 aliphatic heterocycles. The Balaban J connectivity index is 1.99. The minimum Gasteiger partial charge on any atom is -0.450 e. The minimum atomic E-state index is -0.275. The van der Waals surface area contributed by atoms with Gasteiger partial charge in [0, 0.05) is 6.54 Å². The summed E-state index contributed by atoms with van der Waals surface area (Å²) in [5, 5.41) is 3.22. The predicted octanol–water partition coefficient (Wildman–Crippen LogP) is 1.65. The van der Waals surface area contributed by atoms with Crippen LogP contribution >= 0.6 is 0 Å². The fourth-order valence-electron chi connectivity index (χ4n) is 2.00. The van der Waals surface area contributed by atoms with Gasteiger partial charge in [-0.25, -0.2) is 9.78 Å². The van der Waals surface area contributed by atoms with Gasteiger partial charge in [-0.1, -0.05) is 0 Å². The summed E-state index contributed by atoms with van der Waals surface area (Å²) in [5.74, 6) is 0.713. The lowest BCUT2D eigenvalue weighted by Crippen LogP contribution is -2.40. The molecule has 0 aromatic carbocycles. The van der Waals surface area contributed by atoms with Gasteiger partial charge in [-0.2, -0.15) is 0 Å². The lowest BCUT2D eigenvalue weighted by atomic mass is 10.3. The predicted molar refractivity (Wildman–Crippen MR) is 69.0 cm³/mol. The summed E-state index contributed by atoms with van der Waals surface area (Å²) in [6.45, 7) is 2.91. The van der Waals surface area contributed by atoms with Crippen molar-refractivity contribution < 1.29 is 9.53 Å². The van der Waals surface area contributed by atoms with Crippen molar-refractivity contribution in [3.05, 3.63) is 18.3 Å². The standard InChI is InChI=1S/C12H18N4O2/c1-2-18-12(17)16-7-3-4-11(16)15-10-6-5-9(13)8-14-10/h5-6,8,11H,2-4,7,13H2,1H3,(H,14,15). The Morgan fingerprint density at radius 1 is 1.67 bits per heavy atom. The number of rotatable bonds is 3. The first-order valence-corrected chi connectivity index (χ1v) is 6.12. The number of aromatic nitrogens is 1. The van der Waals surface area contributed by atoms with E-state index in [1.165, 1.54) is 0 Å². The Hall–Kier alpha value is -1.98. The highest BCUT2D eigenvalue weighted by atomic mass is 16.6. The summed E-state index contributed by atoms with van der Waals surface area (Å²) >= 11 is 0. The molecule has 0 spiro atoms. The number of anilines is 2. The molecule has 1 amide bonds. The third-order valence-electron chi connectivity index (χ3n) is 2.86. The highest BCUT2D eigenvalue weighted by molar-refractivity contribution is 5.69. The van der Waals surface area contributed by atoms with Crippen molar-refractivity contribution in [1.82, 2.24) is 9.88 Å². The number of hydrogen-bond acceptors (Lipinski definition) is 5. The maximum atomic E-state index is 11.7. The second-order valence-electron chi connectivity index (χ2n) is 4.17. The van der Waals surface area contributed by atoms with Crippen LogP contribution in [0.4, 0.5) is 16.3 Å². The van der Waals surface area contributed by atoms with E-state index in [-0.39, 0.29) is 12.3 Å². The van der Waals surface area contributed by atoms with Crippen LogP contribution in [0, 0.1) is 0 Å². The van der Waals surface area contributed by atoms with Crippen LogP contribution in [0.25, 0.3) is 0 Å². The Morgan fingerprint density at radius 3 is 3.17 bits per heavy atom. The number of pyridine rings is 1. The van der Waals surface area contributed by atoms with Gasteiger partial charge in [-0.05, 0) is 31.9 Å². The van der Waals surface area contributed by atoms with E-state index in [2.05, 4.69) is 10.3 Å². The van der Waals surface area contributed by atoms with Crippen LogP contribution < -0.4 is 11.1 Å². The summed E-state index contributed by atoms with van der Waals surface area (Å²) in [6.07, 6.45) is 3.12. The summed E-state index contributed by atoms with van der Waals surface area (Å²) < 4.78 is 5.02. The molecule has 0 radical (unpaired) electrons. The molecule has 1 atom stereocenters. The number of nitrogens with one attached hydrogen (secondary N) is 1. The summed E-state index contributed by atoms with van der Waals surface area (Å²) in [7, 11) is 0. The number of carbonyl (C=O) groups excluding carboxylic acids is 1. The molecule has 0 aliphatic carbocycles. The van der Waals surface area contributed by atoms with E-state index in [0.29, 0.717) is 24.7 Å². The van der Waals surface area contributed by atoms with E-state index in [9.17, 15) is 4.79 Å². The third kappa shape index (κ3) is 2.82. The number of likely N-dealkylation sites (tertiary alicyclic amines) is 1. The first-order valence-electron chi connectivity index (χ1n) is 6.12. The molecule has 6 heteroatoms. The van der Waals surface area contributed by atoms with Crippen LogP contribution in [0.15, 0.2) is 18.3 Å². The smallest absolute Gasteiger partial charge is 0.411 e. The van der Waals surface area contributed by atoms with Gasteiger partial charge in [0.2, 0.25) is 0 Å². The van der Waals surface area contributed by atoms with Gasteiger partial charge in [-0.3, -0.25) is 4.90 Å². The number of hydrogen-bond donors (Lipinski definition) is 2. The number of amides is 1. The van der Waals surface area contributed by atoms with Crippen LogP contribution in [0.3, 0.4) is 0 Å². The minimum absolute atomic E-state index is 0.0554. The molecule has 1 aliphatic rings. The molecular formula is C12H18N4O2. The third-order valence-corrected chi connectivity index (χ3v) is 2.86. The van der Waals surface area contributed by atoms with Crippen molar-refractivity contribution in [2.75, 3.05) is 24.2 Å². The molecule has 6 nitrogen and oxygen atoms in total. The maximum Gasteiger partial charge on any atom is 0.411 e. The Bertz CT molecular complexity index is 407. The van der Waals surface area contributed by atoms with Crippen molar-refractivity contribution in [3.63, 3.8) is 0 Å². The number of nitrogens with two attached hydrogens (primary N) is 1. The molecule has 1 saturated heterocycles. The monoisotopic (exact) mass is 250 g/mol. The van der Waals surface area contributed by atoms with Crippen molar-refractivity contribution in [2.45, 2.75) is 25.9 Å². The summed E-state index contributed by atoms with van der Waals surface area (Å²) in [5.41, 5.74) is 6.19. The van der Waals surface area contributed by atoms with E-state index < -0.39 is 0 Å². The van der Waals surface area contributed by atoms with Crippen LogP contribution in [0.5, 0.6) is 0 Å². The molecule has 18 heavy (non-hydrogen) atoms. The molecule has 1 fully saturated rings. The quantitative estimate of drug-likeness (QED) is 0.852. The highest BCUT2D eigenvalue weighted by Gasteiger charge is 2.29. The fourth-order valence-corrected chi connectivity index (χ4v) is 2.00. The van der Waals surface area contributed by atoms with Crippen molar-refractivity contribution in [2.24, 2.45) is 0 Å². The van der Waals surface area contributed by atoms with E-state index in [4.69, 9.17) is 10.5 Å². The molecular weight excluding hydrogens is 232 g/mol. The van der Waals surface area contributed by atoms with E-state index in [1.54, 1.807) is 30.2 Å². The van der Waals surface area contributed by atoms with Gasteiger partial charge in [0.15, 0.2) is 0 Å². The number of carbonyl (C=O) groups is 1. The van der Waals surface area contributed by atoms with Gasteiger partial charge in [-0.15, -0.1) is 0 Å². The second kappa shape index (κ2) is 5.57. The lowest BCUT2D eigenvalue weighted by molar-refractivity contribution is 0.106. The molecule has 2 heterocycles. The SMILES string of the molecule is CCOC(=O)N1CCCC1Nc1ccc(N)cn1. The lowest BCUT2D eigenvalue weighted by Gasteiger charge is -2.24. The molecule has 1 aromatic rings. The van der Waals surface area contributed by atoms with Crippen LogP contribution in [0.1, 0.15) is 19.8 Å². The normalized spacial score (nSPS) is 18.7. The average molecular weight is 250 g/mol. The van der Waals surface area contributed by atoms with E-state index in [0.717, 1.165) is 12.8 Å². The van der Waals surface area contributed by atoms with Gasteiger partial charge in [0.25, 0.3) is 0 Å². The first kappa shape index (κ1) is 12.5. The van der Waals surface area contributed by atoms with Crippen molar-refractivity contribution in [1.29, 1.82) is 0 Å². The van der Waals surface area contributed by atoms with Crippen LogP contribution in [0.2, 0.25) is 0 Å². The van der Waals surface area contributed by atoms with Gasteiger partial charge in [0.1, 0.15) is 12.0 Å². The van der Waals surface area contributed by atoms with E-state index >= 15 is 0 Å². The Morgan fingerprint density at radius 2 is 2.50 bits per heavy atom. The molecule has 2 rings (SSSR count). The topological polar surface area (TPSA) is 80.5 Å². The van der Waals surface area contributed by atoms with Gasteiger partial charge >= 0.3 is 6.09 Å². The molecule has 98 valence electrons. The van der Waals surface area contributed by atoms with Crippen molar-refractivity contribution in [3.8, 4) is 0 Å². The maximum absolute atomic E-state index is 11.7. The number of nitrogens with zero attached hydrogens (tertiary/aromatic N) is 2. The second-order valence-corrected chi connectivity index (χ2v) is 4.17. The summed E-state index contributed by atoms with van der Waals surface area (Å²) in [4.78, 5) is 17.6. The molecule has 0 bridgehead atoms. The average Bonchev–Trinajstić information content (AvgIpc) is 2.81. The zero-order valence-electron chi connectivity index (χ0n) is 10.4. The van der Waals surface area contributed by atoms with Crippen LogP contribution in [-0.4, -0.2) is 35.3 Å². The number of ether oxygens (including phenoxy) is 1. The van der Waals surface area contributed by atoms with Gasteiger partial charge in [0.05, 0.1) is 18.5 Å². The largest absolute Gasteiger partial charge is 0.450 e. The Kier molecular flexibility index (Phi) is 3.86. The van der Waals surface area contributed by atoms with Gasteiger partial charge < -0.3 is 15.8 Å². The van der Waals surface area contributed by atoms with Crippen LogP contribution in [-0.2, 0) is 4.74 Å². The summed E-state index contributed by atoms with van der Waals surface area (Å²) in [6, 6.07) is 3.58. The fraction of sp³-hybridized carbons (Fsp3) is 0.500. The number of nitrogen functional groups attached to an aromatic ring is 1. The van der Waals surface area contributed by atoms with Crippen molar-refractivity contribution >= 4 is 17.6 Å². The molecule has 1 aromatic heterocycles. The van der Waals surface area contributed by atoms with E-state index in [1.807, 2.05) is 0 Å². The molecule has 0 saturated carbocycles. The molecule has 1 unspecified atom stereocenters.